The molecule has 0 aliphatic heterocycles. The van der Waals surface area contributed by atoms with E-state index in [2.05, 4.69) is 5.32 Å². The Hall–Kier alpha value is -2.45. The Bertz CT molecular complexity index is 871. The summed E-state index contributed by atoms with van der Waals surface area (Å²) in [5, 5.41) is 2.72. The molecule has 0 unspecified atom stereocenters. The van der Waals surface area contributed by atoms with Gasteiger partial charge in [-0.3, -0.25) is 9.59 Å². The van der Waals surface area contributed by atoms with Crippen molar-refractivity contribution < 1.29 is 22.4 Å². The second kappa shape index (κ2) is 8.96. The third-order valence-corrected chi connectivity index (χ3v) is 5.64. The molecule has 0 saturated heterocycles. The summed E-state index contributed by atoms with van der Waals surface area (Å²) in [4.78, 5) is 23.6. The van der Waals surface area contributed by atoms with Crippen LogP contribution < -0.4 is 5.32 Å². The van der Waals surface area contributed by atoms with E-state index in [0.29, 0.717) is 17.9 Å². The SMILES string of the molecule is CC(=O)c1ccc(S(=O)(=O)N(CC(=O)NCC(C)C)Cc2ccco2)cc1. The second-order valence-electron chi connectivity index (χ2n) is 6.63. The first-order valence-corrected chi connectivity index (χ1v) is 10.0. The summed E-state index contributed by atoms with van der Waals surface area (Å²) < 4.78 is 32.4. The third kappa shape index (κ3) is 5.77. The molecule has 0 atom stereocenters. The van der Waals surface area contributed by atoms with Crippen molar-refractivity contribution in [3.8, 4) is 0 Å². The van der Waals surface area contributed by atoms with Crippen molar-refractivity contribution in [1.29, 1.82) is 0 Å². The van der Waals surface area contributed by atoms with Crippen LogP contribution in [0.4, 0.5) is 0 Å². The zero-order chi connectivity index (χ0) is 20.0. The van der Waals surface area contributed by atoms with Crippen LogP contribution in [0, 0.1) is 5.92 Å². The van der Waals surface area contributed by atoms with Crippen molar-refractivity contribution >= 4 is 21.7 Å². The van der Waals surface area contributed by atoms with Crippen molar-refractivity contribution in [3.05, 3.63) is 54.0 Å². The number of rotatable bonds is 9. The molecule has 0 spiro atoms. The lowest BCUT2D eigenvalue weighted by atomic mass is 10.2. The summed E-state index contributed by atoms with van der Waals surface area (Å²) in [5.41, 5.74) is 0.418. The van der Waals surface area contributed by atoms with Crippen LogP contribution in [0.25, 0.3) is 0 Å². The van der Waals surface area contributed by atoms with Crippen LogP contribution >= 0.6 is 0 Å². The molecular formula is C19H24N2O5S. The molecule has 0 aliphatic carbocycles. The molecule has 27 heavy (non-hydrogen) atoms. The Morgan fingerprint density at radius 1 is 1.15 bits per heavy atom. The normalized spacial score (nSPS) is 11.7. The Labute approximate surface area is 159 Å². The summed E-state index contributed by atoms with van der Waals surface area (Å²) >= 11 is 0. The van der Waals surface area contributed by atoms with Crippen molar-refractivity contribution in [2.24, 2.45) is 5.92 Å². The lowest BCUT2D eigenvalue weighted by Crippen LogP contribution is -2.41. The van der Waals surface area contributed by atoms with E-state index in [9.17, 15) is 18.0 Å². The number of benzene rings is 1. The third-order valence-electron chi connectivity index (χ3n) is 3.84. The highest BCUT2D eigenvalue weighted by Crippen LogP contribution is 2.19. The Kier molecular flexibility index (Phi) is 6.92. The number of ketones is 1. The molecule has 7 nitrogen and oxygen atoms in total. The highest BCUT2D eigenvalue weighted by molar-refractivity contribution is 7.89. The molecule has 0 fully saturated rings. The van der Waals surface area contributed by atoms with Gasteiger partial charge in [-0.25, -0.2) is 8.42 Å². The van der Waals surface area contributed by atoms with E-state index in [1.54, 1.807) is 12.1 Å². The Balaban J connectivity index is 2.26. The second-order valence-corrected chi connectivity index (χ2v) is 8.57. The maximum absolute atomic E-state index is 13.0. The number of amides is 1. The molecule has 8 heteroatoms. The summed E-state index contributed by atoms with van der Waals surface area (Å²) in [6, 6.07) is 8.95. The maximum Gasteiger partial charge on any atom is 0.243 e. The van der Waals surface area contributed by atoms with Crippen LogP contribution in [-0.2, 0) is 21.4 Å². The molecule has 2 rings (SSSR count). The molecular weight excluding hydrogens is 368 g/mol. The van der Waals surface area contributed by atoms with E-state index < -0.39 is 10.0 Å². The van der Waals surface area contributed by atoms with Gasteiger partial charge in [0.05, 0.1) is 24.2 Å². The molecule has 0 radical (unpaired) electrons. The molecule has 1 amide bonds. The van der Waals surface area contributed by atoms with Gasteiger partial charge >= 0.3 is 0 Å². The van der Waals surface area contributed by atoms with Gasteiger partial charge in [0, 0.05) is 12.1 Å². The topological polar surface area (TPSA) is 96.7 Å². The van der Waals surface area contributed by atoms with Gasteiger partial charge in [-0.15, -0.1) is 0 Å². The van der Waals surface area contributed by atoms with Crippen molar-refractivity contribution in [3.63, 3.8) is 0 Å². The smallest absolute Gasteiger partial charge is 0.243 e. The summed E-state index contributed by atoms with van der Waals surface area (Å²) in [6.45, 7) is 5.37. The van der Waals surface area contributed by atoms with E-state index in [1.807, 2.05) is 13.8 Å². The van der Waals surface area contributed by atoms with Crippen LogP contribution in [-0.4, -0.2) is 37.5 Å². The highest BCUT2D eigenvalue weighted by Gasteiger charge is 2.27. The van der Waals surface area contributed by atoms with Gasteiger partial charge in [0.25, 0.3) is 0 Å². The first-order chi connectivity index (χ1) is 12.7. The van der Waals surface area contributed by atoms with Gasteiger partial charge in [-0.1, -0.05) is 26.0 Å². The monoisotopic (exact) mass is 392 g/mol. The van der Waals surface area contributed by atoms with Crippen LogP contribution in [0.1, 0.15) is 36.9 Å². The predicted molar refractivity (Wildman–Crippen MR) is 101 cm³/mol. The number of nitrogens with zero attached hydrogens (tertiary/aromatic N) is 1. The van der Waals surface area contributed by atoms with Crippen molar-refractivity contribution in [2.45, 2.75) is 32.2 Å². The fraction of sp³-hybridized carbons (Fsp3) is 0.368. The zero-order valence-electron chi connectivity index (χ0n) is 15.6. The number of sulfonamides is 1. The predicted octanol–water partition coefficient (Wildman–Crippen LogP) is 2.45. The minimum absolute atomic E-state index is 0.00992. The molecule has 0 bridgehead atoms. The van der Waals surface area contributed by atoms with E-state index in [0.717, 1.165) is 4.31 Å². The van der Waals surface area contributed by atoms with Crippen LogP contribution in [0.2, 0.25) is 0 Å². The fourth-order valence-electron chi connectivity index (χ4n) is 2.35. The van der Waals surface area contributed by atoms with Crippen molar-refractivity contribution in [2.75, 3.05) is 13.1 Å². The first-order valence-electron chi connectivity index (χ1n) is 8.60. The van der Waals surface area contributed by atoms with E-state index in [1.165, 1.54) is 37.5 Å². The molecule has 2 aromatic rings. The van der Waals surface area contributed by atoms with Crippen LogP contribution in [0.3, 0.4) is 0 Å². The van der Waals surface area contributed by atoms with Gasteiger partial charge in [0.2, 0.25) is 15.9 Å². The number of hydrogen-bond acceptors (Lipinski definition) is 5. The molecule has 1 N–H and O–H groups in total. The van der Waals surface area contributed by atoms with E-state index in [4.69, 9.17) is 4.42 Å². The molecule has 1 aromatic heterocycles. The van der Waals surface area contributed by atoms with Crippen LogP contribution in [0.15, 0.2) is 52.0 Å². The number of Topliss-reactive ketones (excluding diaryl/α,β-unsaturated/α-hetero) is 1. The standard InChI is InChI=1S/C19H24N2O5S/c1-14(2)11-20-19(23)13-21(12-17-5-4-10-26-17)27(24,25)18-8-6-16(7-9-18)15(3)22/h4-10,14H,11-13H2,1-3H3,(H,20,23). The quantitative estimate of drug-likeness (QED) is 0.661. The van der Waals surface area contributed by atoms with E-state index >= 15 is 0 Å². The lowest BCUT2D eigenvalue weighted by molar-refractivity contribution is -0.121. The van der Waals surface area contributed by atoms with Crippen LogP contribution in [0.5, 0.6) is 0 Å². The number of furan rings is 1. The molecule has 0 saturated carbocycles. The highest BCUT2D eigenvalue weighted by atomic mass is 32.2. The molecule has 0 aliphatic rings. The van der Waals surface area contributed by atoms with Gasteiger partial charge < -0.3 is 9.73 Å². The Morgan fingerprint density at radius 2 is 1.81 bits per heavy atom. The average Bonchev–Trinajstić information content (AvgIpc) is 3.12. The maximum atomic E-state index is 13.0. The molecule has 1 heterocycles. The number of hydrogen-bond donors (Lipinski definition) is 1. The average molecular weight is 392 g/mol. The molecule has 146 valence electrons. The minimum atomic E-state index is -3.95. The van der Waals surface area contributed by atoms with Crippen molar-refractivity contribution in [1.82, 2.24) is 9.62 Å². The summed E-state index contributed by atoms with van der Waals surface area (Å²) in [6.07, 6.45) is 1.45. The first kappa shape index (κ1) is 20.9. The lowest BCUT2D eigenvalue weighted by Gasteiger charge is -2.21. The largest absolute Gasteiger partial charge is 0.468 e. The number of carbonyl (C=O) groups is 2. The summed E-state index contributed by atoms with van der Waals surface area (Å²) in [5.74, 6) is 0.137. The van der Waals surface area contributed by atoms with Gasteiger partial charge in [-0.05, 0) is 37.1 Å². The fourth-order valence-corrected chi connectivity index (χ4v) is 3.71. The van der Waals surface area contributed by atoms with Gasteiger partial charge in [-0.2, -0.15) is 4.31 Å². The number of carbonyl (C=O) groups excluding carboxylic acids is 2. The minimum Gasteiger partial charge on any atom is -0.468 e. The van der Waals surface area contributed by atoms with Gasteiger partial charge in [0.15, 0.2) is 5.78 Å². The van der Waals surface area contributed by atoms with E-state index in [-0.39, 0.29) is 35.6 Å². The zero-order valence-corrected chi connectivity index (χ0v) is 16.5. The summed E-state index contributed by atoms with van der Waals surface area (Å²) in [7, 11) is -3.95. The molecule has 1 aromatic carbocycles. The van der Waals surface area contributed by atoms with Gasteiger partial charge in [0.1, 0.15) is 5.76 Å². The number of nitrogens with one attached hydrogen (secondary N) is 1. The Morgan fingerprint density at radius 3 is 2.33 bits per heavy atom.